The molecule has 4 N–H and O–H groups in total. The maximum Gasteiger partial charge on any atom is 0.237 e. The van der Waals surface area contributed by atoms with E-state index >= 15 is 0 Å². The predicted octanol–water partition coefficient (Wildman–Crippen LogP) is 1.03. The number of aliphatic hydroxyl groups excluding tert-OH is 1. The van der Waals surface area contributed by atoms with Crippen LogP contribution in [-0.2, 0) is 4.79 Å². The van der Waals surface area contributed by atoms with Crippen LogP contribution in [0.4, 0.5) is 0 Å². The van der Waals surface area contributed by atoms with Crippen LogP contribution in [0.15, 0.2) is 0 Å². The van der Waals surface area contributed by atoms with Gasteiger partial charge in [0.2, 0.25) is 5.91 Å². The lowest BCUT2D eigenvalue weighted by Crippen LogP contribution is -2.73. The lowest BCUT2D eigenvalue weighted by Gasteiger charge is -2.61. The summed E-state index contributed by atoms with van der Waals surface area (Å²) in [7, 11) is 0. The molecule has 0 radical (unpaired) electrons. The van der Waals surface area contributed by atoms with Gasteiger partial charge in [-0.25, -0.2) is 0 Å². The minimum Gasteiger partial charge on any atom is -0.392 e. The van der Waals surface area contributed by atoms with Gasteiger partial charge in [0.15, 0.2) is 0 Å². The van der Waals surface area contributed by atoms with Crippen molar-refractivity contribution >= 4 is 5.91 Å². The predicted molar refractivity (Wildman–Crippen MR) is 68.4 cm³/mol. The number of carbonyl (C=O) groups excluding carboxylic acids is 1. The molecule has 0 bridgehead atoms. The summed E-state index contributed by atoms with van der Waals surface area (Å²) >= 11 is 0. The molecule has 0 aromatic heterocycles. The fourth-order valence-electron chi connectivity index (χ4n) is 3.20. The Morgan fingerprint density at radius 3 is 2.24 bits per heavy atom. The number of aliphatic hydroxyl groups is 1. The fraction of sp³-hybridized carbons (Fsp3) is 0.923. The van der Waals surface area contributed by atoms with Gasteiger partial charge in [0, 0.05) is 16.9 Å². The van der Waals surface area contributed by atoms with E-state index in [9.17, 15) is 9.90 Å². The zero-order chi connectivity index (χ0) is 13.4. The van der Waals surface area contributed by atoms with Crippen LogP contribution in [0.3, 0.4) is 0 Å². The van der Waals surface area contributed by atoms with Crippen LogP contribution in [-0.4, -0.2) is 29.2 Å². The van der Waals surface area contributed by atoms with Crippen molar-refractivity contribution in [3.63, 3.8) is 0 Å². The molecule has 17 heavy (non-hydrogen) atoms. The minimum absolute atomic E-state index is 0.0274. The molecule has 1 saturated carbocycles. The van der Waals surface area contributed by atoms with Gasteiger partial charge in [0.05, 0.1) is 12.1 Å². The van der Waals surface area contributed by atoms with Gasteiger partial charge in [0.1, 0.15) is 0 Å². The van der Waals surface area contributed by atoms with Crippen LogP contribution in [0.2, 0.25) is 0 Å². The third-order valence-electron chi connectivity index (χ3n) is 4.12. The number of carbonyl (C=O) groups is 1. The maximum atomic E-state index is 11.9. The molecule has 0 aromatic carbocycles. The molecule has 1 aliphatic rings. The van der Waals surface area contributed by atoms with Crippen LogP contribution in [0.25, 0.3) is 0 Å². The van der Waals surface area contributed by atoms with Crippen molar-refractivity contribution in [1.29, 1.82) is 0 Å². The summed E-state index contributed by atoms with van der Waals surface area (Å²) in [6, 6.07) is -0.468. The lowest BCUT2D eigenvalue weighted by atomic mass is 9.49. The molecule has 1 fully saturated rings. The average Bonchev–Trinajstić information content (AvgIpc) is 2.24. The summed E-state index contributed by atoms with van der Waals surface area (Å²) < 4.78 is 0. The van der Waals surface area contributed by atoms with E-state index < -0.39 is 12.1 Å². The lowest BCUT2D eigenvalue weighted by molar-refractivity contribution is -0.186. The Morgan fingerprint density at radius 1 is 1.35 bits per heavy atom. The molecule has 1 aliphatic carbocycles. The first-order valence-electron chi connectivity index (χ1n) is 6.39. The zero-order valence-corrected chi connectivity index (χ0v) is 11.6. The van der Waals surface area contributed by atoms with E-state index in [1.54, 1.807) is 0 Å². The van der Waals surface area contributed by atoms with E-state index in [1.807, 2.05) is 34.6 Å². The number of hydrogen-bond donors (Lipinski definition) is 3. The molecule has 0 aliphatic heterocycles. The quantitative estimate of drug-likeness (QED) is 0.689. The third kappa shape index (κ3) is 2.33. The molecule has 1 amide bonds. The minimum atomic E-state index is -0.440. The average molecular weight is 242 g/mol. The first kappa shape index (κ1) is 14.5. The summed E-state index contributed by atoms with van der Waals surface area (Å²) in [5.41, 5.74) is 5.22. The number of hydrogen-bond acceptors (Lipinski definition) is 3. The first-order valence-corrected chi connectivity index (χ1v) is 6.39. The summed E-state index contributed by atoms with van der Waals surface area (Å²) in [5.74, 6) is -0.107. The van der Waals surface area contributed by atoms with Gasteiger partial charge in [-0.15, -0.1) is 0 Å². The highest BCUT2D eigenvalue weighted by atomic mass is 16.3. The van der Waals surface area contributed by atoms with Gasteiger partial charge in [-0.1, -0.05) is 41.0 Å². The Labute approximate surface area is 104 Å². The second-order valence-electron chi connectivity index (χ2n) is 6.38. The van der Waals surface area contributed by atoms with E-state index in [1.165, 1.54) is 0 Å². The second kappa shape index (κ2) is 4.58. The topological polar surface area (TPSA) is 75.4 Å². The smallest absolute Gasteiger partial charge is 0.237 e. The summed E-state index contributed by atoms with van der Waals surface area (Å²) in [4.78, 5) is 11.9. The normalized spacial score (nSPS) is 31.5. The standard InChI is InChI=1S/C13H26N2O2/c1-6-7-8(14)9(16)15-10-12(2,3)11(17)13(10,4)5/h8,10-11,17H,6-7,14H2,1-5H3,(H,15,16)/t8-,10?,11?/m1/s1. The molecule has 0 unspecified atom stereocenters. The molecule has 1 rings (SSSR count). The van der Waals surface area contributed by atoms with Crippen molar-refractivity contribution in [3.8, 4) is 0 Å². The summed E-state index contributed by atoms with van der Waals surface area (Å²) in [6.45, 7) is 9.89. The zero-order valence-electron chi connectivity index (χ0n) is 11.6. The first-order chi connectivity index (χ1) is 7.65. The van der Waals surface area contributed by atoms with Gasteiger partial charge < -0.3 is 16.2 Å². The van der Waals surface area contributed by atoms with Gasteiger partial charge in [0.25, 0.3) is 0 Å². The molecule has 0 saturated heterocycles. The van der Waals surface area contributed by atoms with Crippen molar-refractivity contribution in [1.82, 2.24) is 5.32 Å². The highest BCUT2D eigenvalue weighted by molar-refractivity contribution is 5.82. The van der Waals surface area contributed by atoms with E-state index in [-0.39, 0.29) is 22.8 Å². The summed E-state index contributed by atoms with van der Waals surface area (Å²) in [6.07, 6.45) is 1.19. The van der Waals surface area contributed by atoms with Gasteiger partial charge in [-0.05, 0) is 6.42 Å². The van der Waals surface area contributed by atoms with Crippen molar-refractivity contribution in [2.75, 3.05) is 0 Å². The van der Waals surface area contributed by atoms with Crippen molar-refractivity contribution in [2.24, 2.45) is 16.6 Å². The van der Waals surface area contributed by atoms with E-state index in [0.717, 1.165) is 6.42 Å². The van der Waals surface area contributed by atoms with Crippen LogP contribution in [0.5, 0.6) is 0 Å². The Balaban J connectivity index is 2.66. The molecular weight excluding hydrogens is 216 g/mol. The Morgan fingerprint density at radius 2 is 1.82 bits per heavy atom. The second-order valence-corrected chi connectivity index (χ2v) is 6.38. The van der Waals surface area contributed by atoms with Gasteiger partial charge >= 0.3 is 0 Å². The van der Waals surface area contributed by atoms with Gasteiger partial charge in [-0.3, -0.25) is 4.79 Å². The molecule has 0 aromatic rings. The largest absolute Gasteiger partial charge is 0.392 e. The number of amides is 1. The molecule has 0 heterocycles. The molecule has 1 atom stereocenters. The molecular formula is C13H26N2O2. The Kier molecular flexibility index (Phi) is 3.89. The van der Waals surface area contributed by atoms with Crippen molar-refractivity contribution in [2.45, 2.75) is 65.6 Å². The summed E-state index contributed by atoms with van der Waals surface area (Å²) in [5, 5.41) is 13.0. The van der Waals surface area contributed by atoms with Crippen molar-refractivity contribution < 1.29 is 9.90 Å². The SMILES string of the molecule is CCC[C@@H](N)C(=O)NC1C(C)(C)C(O)C1(C)C. The van der Waals surface area contributed by atoms with Crippen molar-refractivity contribution in [3.05, 3.63) is 0 Å². The molecule has 4 nitrogen and oxygen atoms in total. The number of nitrogens with two attached hydrogens (primary N) is 1. The molecule has 0 spiro atoms. The van der Waals surface area contributed by atoms with Gasteiger partial charge in [-0.2, -0.15) is 0 Å². The Bertz CT molecular complexity index is 284. The van der Waals surface area contributed by atoms with E-state index in [4.69, 9.17) is 5.73 Å². The van der Waals surface area contributed by atoms with Crippen LogP contribution < -0.4 is 11.1 Å². The molecule has 4 heteroatoms. The van der Waals surface area contributed by atoms with Crippen LogP contribution in [0, 0.1) is 10.8 Å². The van der Waals surface area contributed by atoms with E-state index in [0.29, 0.717) is 6.42 Å². The number of nitrogens with one attached hydrogen (secondary N) is 1. The third-order valence-corrected chi connectivity index (χ3v) is 4.12. The highest BCUT2D eigenvalue weighted by Crippen LogP contribution is 2.53. The van der Waals surface area contributed by atoms with E-state index in [2.05, 4.69) is 5.32 Å². The fourth-order valence-corrected chi connectivity index (χ4v) is 3.20. The monoisotopic (exact) mass is 242 g/mol. The van der Waals surface area contributed by atoms with Crippen LogP contribution in [0.1, 0.15) is 47.5 Å². The van der Waals surface area contributed by atoms with Crippen LogP contribution >= 0.6 is 0 Å². The molecule has 100 valence electrons. The maximum absolute atomic E-state index is 11.9. The number of rotatable bonds is 4. The highest BCUT2D eigenvalue weighted by Gasteiger charge is 2.61. The Hall–Kier alpha value is -0.610.